The zero-order valence-corrected chi connectivity index (χ0v) is 13.7. The Morgan fingerprint density at radius 3 is 2.67 bits per heavy atom. The zero-order chi connectivity index (χ0) is 16.7. The Morgan fingerprint density at radius 2 is 1.92 bits per heavy atom. The minimum Gasteiger partial charge on any atom is -0.395 e. The van der Waals surface area contributed by atoms with Crippen LogP contribution in [0.1, 0.15) is 21.6 Å². The van der Waals surface area contributed by atoms with Crippen LogP contribution in [-0.2, 0) is 13.0 Å². The van der Waals surface area contributed by atoms with Gasteiger partial charge in [-0.2, -0.15) is 0 Å². The van der Waals surface area contributed by atoms with Gasteiger partial charge in [0.15, 0.2) is 0 Å². The van der Waals surface area contributed by atoms with Gasteiger partial charge in [0.05, 0.1) is 6.61 Å². The number of anilines is 1. The molecule has 0 spiro atoms. The number of aliphatic hydroxyl groups excluding tert-OH is 1. The lowest BCUT2D eigenvalue weighted by Crippen LogP contribution is -2.38. The fourth-order valence-corrected chi connectivity index (χ4v) is 3.68. The summed E-state index contributed by atoms with van der Waals surface area (Å²) in [5.74, 6) is 0.0183. The van der Waals surface area contributed by atoms with Crippen LogP contribution >= 0.6 is 0 Å². The van der Waals surface area contributed by atoms with Crippen molar-refractivity contribution in [1.29, 1.82) is 0 Å². The summed E-state index contributed by atoms with van der Waals surface area (Å²) in [5.41, 5.74) is 4.97. The Labute approximate surface area is 140 Å². The van der Waals surface area contributed by atoms with E-state index in [1.165, 1.54) is 5.56 Å². The predicted molar refractivity (Wildman–Crippen MR) is 95.6 cm³/mol. The van der Waals surface area contributed by atoms with E-state index in [9.17, 15) is 9.90 Å². The molecule has 1 aliphatic heterocycles. The number of aryl methyl sites for hydroxylation is 1. The monoisotopic (exact) mass is 320 g/mol. The first-order valence-electron chi connectivity index (χ1n) is 8.30. The lowest BCUT2D eigenvalue weighted by atomic mass is 10.0. The van der Waals surface area contributed by atoms with Gasteiger partial charge in [0.25, 0.3) is 5.91 Å². The van der Waals surface area contributed by atoms with Crippen molar-refractivity contribution in [3.8, 4) is 0 Å². The molecule has 1 amide bonds. The second-order valence-electron chi connectivity index (χ2n) is 6.27. The Hall–Kier alpha value is -2.59. The highest BCUT2D eigenvalue weighted by Crippen LogP contribution is 2.33. The van der Waals surface area contributed by atoms with Crippen molar-refractivity contribution in [2.24, 2.45) is 0 Å². The molecule has 4 rings (SSSR count). The van der Waals surface area contributed by atoms with Gasteiger partial charge in [-0.1, -0.05) is 29.8 Å². The van der Waals surface area contributed by atoms with Gasteiger partial charge >= 0.3 is 0 Å². The Morgan fingerprint density at radius 1 is 1.12 bits per heavy atom. The van der Waals surface area contributed by atoms with Crippen LogP contribution in [0.4, 0.5) is 5.69 Å². The summed E-state index contributed by atoms with van der Waals surface area (Å²) in [6.07, 6.45) is 0.828. The highest BCUT2D eigenvalue weighted by Gasteiger charge is 2.31. The van der Waals surface area contributed by atoms with E-state index >= 15 is 0 Å². The quantitative estimate of drug-likeness (QED) is 0.806. The first kappa shape index (κ1) is 15.0. The smallest absolute Gasteiger partial charge is 0.275 e. The van der Waals surface area contributed by atoms with E-state index in [1.807, 2.05) is 39.8 Å². The molecule has 0 bridgehead atoms. The fourth-order valence-electron chi connectivity index (χ4n) is 3.68. The zero-order valence-electron chi connectivity index (χ0n) is 13.7. The third-order valence-corrected chi connectivity index (χ3v) is 4.75. The number of carbonyl (C=O) groups excluding carboxylic acids is 1. The van der Waals surface area contributed by atoms with Gasteiger partial charge in [-0.3, -0.25) is 4.79 Å². The van der Waals surface area contributed by atoms with Crippen LogP contribution in [0, 0.1) is 6.92 Å². The van der Waals surface area contributed by atoms with E-state index in [0.717, 1.165) is 34.3 Å². The summed E-state index contributed by atoms with van der Waals surface area (Å²) in [7, 11) is 0. The number of amides is 1. The normalized spacial score (nSPS) is 14.2. The maximum absolute atomic E-state index is 13.2. The average molecular weight is 320 g/mol. The molecule has 0 fully saturated rings. The summed E-state index contributed by atoms with van der Waals surface area (Å²) >= 11 is 0. The Kier molecular flexibility index (Phi) is 3.62. The molecule has 122 valence electrons. The number of benzene rings is 2. The highest BCUT2D eigenvalue weighted by atomic mass is 16.3. The number of aliphatic hydroxyl groups is 1. The molecular formula is C20H20N2O2. The second-order valence-corrected chi connectivity index (χ2v) is 6.27. The average Bonchev–Trinajstić information content (AvgIpc) is 2.90. The summed E-state index contributed by atoms with van der Waals surface area (Å²) in [5, 5.41) is 10.6. The largest absolute Gasteiger partial charge is 0.395 e. The molecule has 4 heteroatoms. The second kappa shape index (κ2) is 5.80. The first-order chi connectivity index (χ1) is 11.7. The van der Waals surface area contributed by atoms with Gasteiger partial charge in [0, 0.05) is 29.7 Å². The number of para-hydroxylation sites is 1. The van der Waals surface area contributed by atoms with Gasteiger partial charge < -0.3 is 14.6 Å². The summed E-state index contributed by atoms with van der Waals surface area (Å²) in [4.78, 5) is 15.0. The third kappa shape index (κ3) is 2.22. The van der Waals surface area contributed by atoms with E-state index < -0.39 is 0 Å². The molecular weight excluding hydrogens is 300 g/mol. The van der Waals surface area contributed by atoms with E-state index in [2.05, 4.69) is 25.1 Å². The van der Waals surface area contributed by atoms with Gasteiger partial charge in [-0.25, -0.2) is 0 Å². The molecule has 1 aliphatic rings. The van der Waals surface area contributed by atoms with Crippen LogP contribution in [0.25, 0.3) is 10.9 Å². The van der Waals surface area contributed by atoms with Crippen LogP contribution in [0.15, 0.2) is 48.5 Å². The molecule has 0 radical (unpaired) electrons. The molecule has 2 aromatic carbocycles. The molecule has 0 saturated heterocycles. The van der Waals surface area contributed by atoms with Crippen LogP contribution in [0.3, 0.4) is 0 Å². The number of rotatable bonds is 3. The van der Waals surface area contributed by atoms with Crippen molar-refractivity contribution >= 4 is 22.5 Å². The summed E-state index contributed by atoms with van der Waals surface area (Å²) < 4.78 is 1.97. The lowest BCUT2D eigenvalue weighted by Gasteiger charge is -2.28. The maximum Gasteiger partial charge on any atom is 0.275 e. The first-order valence-corrected chi connectivity index (χ1v) is 8.30. The standard InChI is InChI=1S/C20H20N2O2/c1-14-7-8-18-17(13-14)16-9-10-21(15-5-3-2-4-6-15)20(24)19(16)22(18)11-12-23/h2-8,13,23H,9-12H2,1H3. The summed E-state index contributed by atoms with van der Waals surface area (Å²) in [6, 6.07) is 16.0. The third-order valence-electron chi connectivity index (χ3n) is 4.75. The molecule has 4 nitrogen and oxygen atoms in total. The number of carbonyl (C=O) groups is 1. The summed E-state index contributed by atoms with van der Waals surface area (Å²) in [6.45, 7) is 3.20. The fraction of sp³-hybridized carbons (Fsp3) is 0.250. The molecule has 1 N–H and O–H groups in total. The van der Waals surface area contributed by atoms with E-state index in [-0.39, 0.29) is 12.5 Å². The Bertz CT molecular complexity index is 912. The van der Waals surface area contributed by atoms with E-state index in [1.54, 1.807) is 0 Å². The van der Waals surface area contributed by atoms with Gasteiger partial charge in [-0.05, 0) is 43.2 Å². The van der Waals surface area contributed by atoms with Crippen LogP contribution < -0.4 is 4.90 Å². The minimum absolute atomic E-state index is 0.0166. The molecule has 0 aliphatic carbocycles. The molecule has 0 unspecified atom stereocenters. The van der Waals surface area contributed by atoms with Crippen molar-refractivity contribution in [3.63, 3.8) is 0 Å². The van der Waals surface area contributed by atoms with Gasteiger partial charge in [-0.15, -0.1) is 0 Å². The molecule has 24 heavy (non-hydrogen) atoms. The number of nitrogens with zero attached hydrogens (tertiary/aromatic N) is 2. The molecule has 3 aromatic rings. The number of hydrogen-bond donors (Lipinski definition) is 1. The lowest BCUT2D eigenvalue weighted by molar-refractivity contribution is 0.0970. The maximum atomic E-state index is 13.2. The minimum atomic E-state index is 0.0166. The van der Waals surface area contributed by atoms with Crippen LogP contribution in [0.5, 0.6) is 0 Å². The molecule has 2 heterocycles. The Balaban J connectivity index is 1.90. The van der Waals surface area contributed by atoms with Gasteiger partial charge in [0.2, 0.25) is 0 Å². The highest BCUT2D eigenvalue weighted by molar-refractivity contribution is 6.11. The van der Waals surface area contributed by atoms with E-state index in [0.29, 0.717) is 13.1 Å². The van der Waals surface area contributed by atoms with Crippen molar-refractivity contribution in [1.82, 2.24) is 4.57 Å². The number of aromatic nitrogens is 1. The van der Waals surface area contributed by atoms with Crippen LogP contribution in [0.2, 0.25) is 0 Å². The van der Waals surface area contributed by atoms with Crippen molar-refractivity contribution in [3.05, 3.63) is 65.4 Å². The topological polar surface area (TPSA) is 45.5 Å². The molecule has 0 atom stereocenters. The molecule has 0 saturated carbocycles. The van der Waals surface area contributed by atoms with Gasteiger partial charge in [0.1, 0.15) is 5.69 Å². The van der Waals surface area contributed by atoms with Crippen molar-refractivity contribution in [2.75, 3.05) is 18.1 Å². The predicted octanol–water partition coefficient (Wildman–Crippen LogP) is 3.14. The molecule has 1 aromatic heterocycles. The van der Waals surface area contributed by atoms with Crippen LogP contribution in [-0.4, -0.2) is 28.7 Å². The van der Waals surface area contributed by atoms with Crippen molar-refractivity contribution < 1.29 is 9.90 Å². The SMILES string of the molecule is Cc1ccc2c(c1)c1c(n2CCO)C(=O)N(c2ccccc2)CC1. The number of fused-ring (bicyclic) bond motifs is 3. The number of hydrogen-bond acceptors (Lipinski definition) is 2. The van der Waals surface area contributed by atoms with E-state index in [4.69, 9.17) is 0 Å². The van der Waals surface area contributed by atoms with Crippen molar-refractivity contribution in [2.45, 2.75) is 19.9 Å².